The molecule has 0 amide bonds. The minimum atomic E-state index is -0.663. The van der Waals surface area contributed by atoms with Gasteiger partial charge in [0, 0.05) is 18.7 Å². The van der Waals surface area contributed by atoms with E-state index in [0.29, 0.717) is 19.6 Å². The van der Waals surface area contributed by atoms with Crippen molar-refractivity contribution >= 4 is 29.0 Å². The van der Waals surface area contributed by atoms with Crippen LogP contribution < -0.4 is 10.3 Å². The van der Waals surface area contributed by atoms with Crippen LogP contribution in [0.4, 0.5) is 0 Å². The molecule has 1 aromatic heterocycles. The first-order valence-corrected chi connectivity index (χ1v) is 11.5. The molecule has 0 aliphatic carbocycles. The van der Waals surface area contributed by atoms with E-state index in [1.54, 1.807) is 0 Å². The van der Waals surface area contributed by atoms with Crippen molar-refractivity contribution in [3.05, 3.63) is 54.8 Å². The Hall–Kier alpha value is -2.53. The Morgan fingerprint density at radius 3 is 2.39 bits per heavy atom. The number of rotatable bonds is 11. The van der Waals surface area contributed by atoms with E-state index in [-0.39, 0.29) is 50.7 Å². The largest absolute Gasteiger partial charge is 0.494 e. The van der Waals surface area contributed by atoms with Gasteiger partial charge in [-0.25, -0.2) is 0 Å². The van der Waals surface area contributed by atoms with Crippen molar-refractivity contribution in [1.82, 2.24) is 4.57 Å². The van der Waals surface area contributed by atoms with Gasteiger partial charge in [0.05, 0.1) is 28.3 Å². The van der Waals surface area contributed by atoms with Crippen LogP contribution in [0.25, 0.3) is 0 Å². The fourth-order valence-corrected chi connectivity index (χ4v) is 3.86. The normalized spacial score (nSPS) is 11.0. The number of halogens is 2. The molecule has 0 fully saturated rings. The van der Waals surface area contributed by atoms with Gasteiger partial charge < -0.3 is 14.6 Å². The maximum atomic E-state index is 13.3. The number of ketones is 1. The van der Waals surface area contributed by atoms with Gasteiger partial charge in [-0.1, -0.05) is 36.5 Å². The SMILES string of the molecule is CCCCOc1c(Cl)cc(C(=O)c2c(C)c(C#N)c(=O)n(CCCOC(C)C)c2O)cc1Cl. The number of hydrogen-bond donors (Lipinski definition) is 1. The molecule has 7 nitrogen and oxygen atoms in total. The van der Waals surface area contributed by atoms with E-state index < -0.39 is 17.2 Å². The lowest BCUT2D eigenvalue weighted by molar-refractivity contribution is 0.0743. The number of aromatic hydroxyl groups is 1. The van der Waals surface area contributed by atoms with Gasteiger partial charge in [0.15, 0.2) is 11.5 Å². The highest BCUT2D eigenvalue weighted by Gasteiger charge is 2.26. The van der Waals surface area contributed by atoms with Crippen molar-refractivity contribution in [2.45, 2.75) is 59.6 Å². The number of hydrogen-bond acceptors (Lipinski definition) is 6. The molecule has 0 radical (unpaired) electrons. The first-order valence-electron chi connectivity index (χ1n) is 10.8. The zero-order chi connectivity index (χ0) is 24.7. The number of nitriles is 1. The zero-order valence-corrected chi connectivity index (χ0v) is 20.7. The van der Waals surface area contributed by atoms with E-state index in [4.69, 9.17) is 32.7 Å². The maximum absolute atomic E-state index is 13.3. The van der Waals surface area contributed by atoms with E-state index in [1.165, 1.54) is 19.1 Å². The lowest BCUT2D eigenvalue weighted by Gasteiger charge is -2.17. The number of unbranched alkanes of at least 4 members (excludes halogenated alkanes) is 1. The Morgan fingerprint density at radius 2 is 1.85 bits per heavy atom. The summed E-state index contributed by atoms with van der Waals surface area (Å²) in [5, 5.41) is 20.7. The van der Waals surface area contributed by atoms with Crippen LogP contribution in [0, 0.1) is 18.3 Å². The quantitative estimate of drug-likeness (QED) is 0.337. The summed E-state index contributed by atoms with van der Waals surface area (Å²) in [6.07, 6.45) is 2.18. The molecule has 1 aromatic carbocycles. The Labute approximate surface area is 203 Å². The molecule has 0 saturated carbocycles. The number of carbonyl (C=O) groups excluding carboxylic acids is 1. The molecule has 178 valence electrons. The molecule has 9 heteroatoms. The van der Waals surface area contributed by atoms with Crippen LogP contribution in [-0.4, -0.2) is 34.8 Å². The summed E-state index contributed by atoms with van der Waals surface area (Å²) in [5.74, 6) is -0.851. The van der Waals surface area contributed by atoms with E-state index >= 15 is 0 Å². The standard InChI is InChI=1S/C24H28Cl2N2O5/c1-5-6-9-33-22-18(25)11-16(12-19(22)26)21(29)20-15(4)17(13-27)23(30)28(24(20)31)8-7-10-32-14(2)3/h11-12,14,31H,5-10H2,1-4H3. The molecular formula is C24H28Cl2N2O5. The van der Waals surface area contributed by atoms with Gasteiger partial charge in [-0.15, -0.1) is 0 Å². The molecular weight excluding hydrogens is 467 g/mol. The summed E-state index contributed by atoms with van der Waals surface area (Å²) in [6.45, 7) is 8.11. The fraction of sp³-hybridized carbons (Fsp3) is 0.458. The Morgan fingerprint density at radius 1 is 1.21 bits per heavy atom. The van der Waals surface area contributed by atoms with Gasteiger partial charge in [0.25, 0.3) is 5.56 Å². The molecule has 2 rings (SSSR count). The molecule has 1 heterocycles. The molecule has 33 heavy (non-hydrogen) atoms. The molecule has 0 aliphatic rings. The van der Waals surface area contributed by atoms with Crippen LogP contribution in [0.3, 0.4) is 0 Å². The zero-order valence-electron chi connectivity index (χ0n) is 19.2. The lowest BCUT2D eigenvalue weighted by Crippen LogP contribution is -2.27. The van der Waals surface area contributed by atoms with Gasteiger partial charge in [0.1, 0.15) is 11.6 Å². The third-order valence-electron chi connectivity index (χ3n) is 5.01. The summed E-state index contributed by atoms with van der Waals surface area (Å²) < 4.78 is 12.1. The molecule has 1 N–H and O–H groups in total. The topological polar surface area (TPSA) is 102 Å². The van der Waals surface area contributed by atoms with Gasteiger partial charge in [-0.3, -0.25) is 14.2 Å². The van der Waals surface area contributed by atoms with Crippen LogP contribution in [0.2, 0.25) is 10.0 Å². The number of ether oxygens (including phenoxy) is 2. The fourth-order valence-electron chi connectivity index (χ4n) is 3.26. The molecule has 0 spiro atoms. The lowest BCUT2D eigenvalue weighted by atomic mass is 9.97. The Kier molecular flexibility index (Phi) is 9.78. The number of benzene rings is 1. The summed E-state index contributed by atoms with van der Waals surface area (Å²) in [5.41, 5.74) is -0.830. The average Bonchev–Trinajstić information content (AvgIpc) is 2.75. The minimum absolute atomic E-state index is 0.0172. The molecule has 0 bridgehead atoms. The van der Waals surface area contributed by atoms with Gasteiger partial charge in [0.2, 0.25) is 5.88 Å². The highest BCUT2D eigenvalue weighted by atomic mass is 35.5. The Bertz CT molecular complexity index is 1100. The second-order valence-corrected chi connectivity index (χ2v) is 8.65. The van der Waals surface area contributed by atoms with Crippen molar-refractivity contribution in [3.63, 3.8) is 0 Å². The first kappa shape index (κ1) is 26.7. The number of aromatic nitrogens is 1. The number of nitrogens with zero attached hydrogens (tertiary/aromatic N) is 2. The second-order valence-electron chi connectivity index (χ2n) is 7.84. The predicted octanol–water partition coefficient (Wildman–Crippen LogP) is 5.27. The van der Waals surface area contributed by atoms with Crippen molar-refractivity contribution in [3.8, 4) is 17.7 Å². The smallest absolute Gasteiger partial charge is 0.271 e. The summed E-state index contributed by atoms with van der Waals surface area (Å²) in [4.78, 5) is 26.1. The highest BCUT2D eigenvalue weighted by molar-refractivity contribution is 6.38. The Balaban J connectivity index is 2.49. The maximum Gasteiger partial charge on any atom is 0.271 e. The number of pyridine rings is 1. The molecule has 0 aliphatic heterocycles. The van der Waals surface area contributed by atoms with Crippen molar-refractivity contribution in [2.24, 2.45) is 0 Å². The highest BCUT2D eigenvalue weighted by Crippen LogP contribution is 2.36. The second kappa shape index (κ2) is 12.1. The van der Waals surface area contributed by atoms with Gasteiger partial charge in [-0.05, 0) is 51.3 Å². The van der Waals surface area contributed by atoms with Crippen LogP contribution in [0.15, 0.2) is 16.9 Å². The first-order chi connectivity index (χ1) is 15.6. The molecule has 0 unspecified atom stereocenters. The molecule has 0 atom stereocenters. The van der Waals surface area contributed by atoms with E-state index in [1.807, 2.05) is 26.8 Å². The van der Waals surface area contributed by atoms with Crippen LogP contribution in [-0.2, 0) is 11.3 Å². The van der Waals surface area contributed by atoms with Gasteiger partial charge >= 0.3 is 0 Å². The van der Waals surface area contributed by atoms with E-state index in [0.717, 1.165) is 17.4 Å². The van der Waals surface area contributed by atoms with Crippen LogP contribution >= 0.6 is 23.2 Å². The summed E-state index contributed by atoms with van der Waals surface area (Å²) >= 11 is 12.6. The monoisotopic (exact) mass is 494 g/mol. The van der Waals surface area contributed by atoms with Crippen LogP contribution in [0.5, 0.6) is 11.6 Å². The van der Waals surface area contributed by atoms with E-state index in [2.05, 4.69) is 0 Å². The average molecular weight is 495 g/mol. The van der Waals surface area contributed by atoms with Crippen molar-refractivity contribution in [2.75, 3.05) is 13.2 Å². The van der Waals surface area contributed by atoms with E-state index in [9.17, 15) is 20.0 Å². The molecule has 0 saturated heterocycles. The predicted molar refractivity (Wildman–Crippen MR) is 128 cm³/mol. The third kappa shape index (κ3) is 6.29. The molecule has 2 aromatic rings. The van der Waals surface area contributed by atoms with Crippen molar-refractivity contribution < 1.29 is 19.4 Å². The van der Waals surface area contributed by atoms with Crippen LogP contribution in [0.1, 0.15) is 67.1 Å². The summed E-state index contributed by atoms with van der Waals surface area (Å²) in [6, 6.07) is 4.64. The minimum Gasteiger partial charge on any atom is -0.494 e. The van der Waals surface area contributed by atoms with Gasteiger partial charge in [-0.2, -0.15) is 5.26 Å². The number of carbonyl (C=O) groups is 1. The summed E-state index contributed by atoms with van der Waals surface area (Å²) in [7, 11) is 0. The van der Waals surface area contributed by atoms with Crippen molar-refractivity contribution in [1.29, 1.82) is 5.26 Å². The third-order valence-corrected chi connectivity index (χ3v) is 5.57.